The van der Waals surface area contributed by atoms with E-state index in [0.29, 0.717) is 5.56 Å². The van der Waals surface area contributed by atoms with E-state index in [-0.39, 0.29) is 29.4 Å². The van der Waals surface area contributed by atoms with E-state index in [9.17, 15) is 13.2 Å². The maximum atomic E-state index is 12.1. The van der Waals surface area contributed by atoms with Crippen molar-refractivity contribution in [3.8, 4) is 0 Å². The first-order valence-electron chi connectivity index (χ1n) is 6.35. The Hall–Kier alpha value is -1.44. The van der Waals surface area contributed by atoms with Gasteiger partial charge in [0, 0.05) is 31.2 Å². The summed E-state index contributed by atoms with van der Waals surface area (Å²) < 4.78 is 26.7. The van der Waals surface area contributed by atoms with Crippen LogP contribution in [0.4, 0.5) is 0 Å². The summed E-state index contributed by atoms with van der Waals surface area (Å²) in [4.78, 5) is 11.5. The fourth-order valence-corrected chi connectivity index (χ4v) is 2.99. The van der Waals surface area contributed by atoms with E-state index in [4.69, 9.17) is 5.11 Å². The van der Waals surface area contributed by atoms with Crippen LogP contribution in [0.15, 0.2) is 29.2 Å². The summed E-state index contributed by atoms with van der Waals surface area (Å²) in [5.74, 6) is -0.265. The molecule has 0 saturated heterocycles. The van der Waals surface area contributed by atoms with Gasteiger partial charge in [-0.15, -0.1) is 0 Å². The third-order valence-electron chi connectivity index (χ3n) is 3.58. The summed E-state index contributed by atoms with van der Waals surface area (Å²) in [5.41, 5.74) is 0.121. The Morgan fingerprint density at radius 1 is 1.30 bits per heavy atom. The van der Waals surface area contributed by atoms with Crippen molar-refractivity contribution in [2.24, 2.45) is 5.41 Å². The van der Waals surface area contributed by atoms with Crippen LogP contribution in [0.1, 0.15) is 23.2 Å². The molecule has 20 heavy (non-hydrogen) atoms. The molecule has 110 valence electrons. The Morgan fingerprint density at radius 2 is 1.90 bits per heavy atom. The molecule has 6 nitrogen and oxygen atoms in total. The van der Waals surface area contributed by atoms with Crippen molar-refractivity contribution < 1.29 is 18.3 Å². The highest BCUT2D eigenvalue weighted by atomic mass is 32.2. The van der Waals surface area contributed by atoms with Crippen LogP contribution in [0.3, 0.4) is 0 Å². The van der Waals surface area contributed by atoms with Crippen LogP contribution in [-0.4, -0.2) is 39.6 Å². The second-order valence-electron chi connectivity index (χ2n) is 5.09. The summed E-state index contributed by atoms with van der Waals surface area (Å²) in [6.07, 6.45) is 1.67. The van der Waals surface area contributed by atoms with Crippen molar-refractivity contribution in [1.29, 1.82) is 0 Å². The quantitative estimate of drug-likeness (QED) is 0.694. The third-order valence-corrected chi connectivity index (χ3v) is 5.00. The molecule has 0 aliphatic heterocycles. The molecule has 0 heterocycles. The van der Waals surface area contributed by atoms with Gasteiger partial charge in [-0.05, 0) is 37.1 Å². The molecule has 1 aromatic rings. The van der Waals surface area contributed by atoms with Crippen LogP contribution in [0, 0.1) is 5.41 Å². The predicted octanol–water partition coefficient (Wildman–Crippen LogP) is 0.0970. The third kappa shape index (κ3) is 3.17. The average molecular weight is 298 g/mol. The van der Waals surface area contributed by atoms with Gasteiger partial charge >= 0.3 is 0 Å². The smallest absolute Gasteiger partial charge is 0.251 e. The van der Waals surface area contributed by atoms with E-state index < -0.39 is 10.0 Å². The van der Waals surface area contributed by atoms with Crippen LogP contribution in [0.5, 0.6) is 0 Å². The normalized spacial score (nSPS) is 16.7. The number of carbonyl (C=O) groups excluding carboxylic acids is 1. The lowest BCUT2D eigenvalue weighted by molar-refractivity contribution is 0.0963. The monoisotopic (exact) mass is 298 g/mol. The topological polar surface area (TPSA) is 95.5 Å². The number of benzene rings is 1. The van der Waals surface area contributed by atoms with E-state index in [0.717, 1.165) is 12.8 Å². The van der Waals surface area contributed by atoms with Gasteiger partial charge in [-0.25, -0.2) is 13.1 Å². The van der Waals surface area contributed by atoms with Crippen molar-refractivity contribution in [2.45, 2.75) is 17.7 Å². The Labute approximate surface area is 118 Å². The highest BCUT2D eigenvalue weighted by molar-refractivity contribution is 7.89. The van der Waals surface area contributed by atoms with Crippen molar-refractivity contribution in [1.82, 2.24) is 10.0 Å². The second kappa shape index (κ2) is 5.51. The van der Waals surface area contributed by atoms with Gasteiger partial charge in [-0.1, -0.05) is 0 Å². The number of hydrogen-bond acceptors (Lipinski definition) is 4. The Bertz CT molecular complexity index is 591. The average Bonchev–Trinajstić information content (AvgIpc) is 3.25. The minimum absolute atomic E-state index is 0.00880. The number of hydrogen-bond donors (Lipinski definition) is 3. The minimum atomic E-state index is -3.61. The number of carbonyl (C=O) groups is 1. The molecule has 0 aromatic heterocycles. The van der Waals surface area contributed by atoms with Crippen LogP contribution in [0.25, 0.3) is 0 Å². The lowest BCUT2D eigenvalue weighted by atomic mass is 10.1. The zero-order valence-electron chi connectivity index (χ0n) is 11.2. The van der Waals surface area contributed by atoms with Gasteiger partial charge in [0.2, 0.25) is 10.0 Å². The lowest BCUT2D eigenvalue weighted by Crippen LogP contribution is -2.32. The molecular formula is C13H18N2O4S. The molecule has 1 aromatic carbocycles. The number of amides is 1. The first-order chi connectivity index (χ1) is 9.42. The number of sulfonamides is 1. The summed E-state index contributed by atoms with van der Waals surface area (Å²) in [7, 11) is -2.09. The SMILES string of the molecule is CNC(=O)c1ccc(S(=O)(=O)NCC2(CO)CC2)cc1. The number of nitrogens with one attached hydrogen (secondary N) is 2. The molecular weight excluding hydrogens is 280 g/mol. The van der Waals surface area contributed by atoms with E-state index in [1.807, 2.05) is 0 Å². The summed E-state index contributed by atoms with van der Waals surface area (Å²) >= 11 is 0. The highest BCUT2D eigenvalue weighted by Gasteiger charge is 2.42. The van der Waals surface area contributed by atoms with Gasteiger partial charge in [-0.3, -0.25) is 4.79 Å². The van der Waals surface area contributed by atoms with Crippen LogP contribution in [-0.2, 0) is 10.0 Å². The molecule has 3 N–H and O–H groups in total. The number of aliphatic hydroxyl groups is 1. The molecule has 1 saturated carbocycles. The first-order valence-corrected chi connectivity index (χ1v) is 7.83. The van der Waals surface area contributed by atoms with Gasteiger partial charge < -0.3 is 10.4 Å². The minimum Gasteiger partial charge on any atom is -0.396 e. The predicted molar refractivity (Wildman–Crippen MR) is 73.8 cm³/mol. The Morgan fingerprint density at radius 3 is 2.35 bits per heavy atom. The molecule has 0 unspecified atom stereocenters. The fourth-order valence-electron chi connectivity index (χ4n) is 1.83. The van der Waals surface area contributed by atoms with E-state index in [1.165, 1.54) is 31.3 Å². The van der Waals surface area contributed by atoms with Gasteiger partial charge in [0.1, 0.15) is 0 Å². The molecule has 0 atom stereocenters. The standard InChI is InChI=1S/C13H18N2O4S/c1-14-12(17)10-2-4-11(5-3-10)20(18,19)15-8-13(9-16)6-7-13/h2-5,15-16H,6-9H2,1H3,(H,14,17). The second-order valence-corrected chi connectivity index (χ2v) is 6.85. The number of rotatable bonds is 6. The van der Waals surface area contributed by atoms with Crippen molar-refractivity contribution in [3.63, 3.8) is 0 Å². The Kier molecular flexibility index (Phi) is 4.12. The zero-order chi connectivity index (χ0) is 14.8. The molecule has 1 amide bonds. The van der Waals surface area contributed by atoms with Gasteiger partial charge in [0.05, 0.1) is 4.90 Å². The molecule has 0 bridgehead atoms. The van der Waals surface area contributed by atoms with E-state index in [1.54, 1.807) is 0 Å². The van der Waals surface area contributed by atoms with Crippen molar-refractivity contribution in [2.75, 3.05) is 20.2 Å². The molecule has 0 spiro atoms. The highest BCUT2D eigenvalue weighted by Crippen LogP contribution is 2.44. The fraction of sp³-hybridized carbons (Fsp3) is 0.462. The largest absolute Gasteiger partial charge is 0.396 e. The van der Waals surface area contributed by atoms with Crippen LogP contribution >= 0.6 is 0 Å². The zero-order valence-corrected chi connectivity index (χ0v) is 12.0. The number of aliphatic hydroxyl groups excluding tert-OH is 1. The molecule has 7 heteroatoms. The maximum absolute atomic E-state index is 12.1. The van der Waals surface area contributed by atoms with Gasteiger partial charge in [0.25, 0.3) is 5.91 Å². The molecule has 1 aliphatic carbocycles. The molecule has 0 radical (unpaired) electrons. The summed E-state index contributed by atoms with van der Waals surface area (Å²) in [6.45, 7) is 0.230. The van der Waals surface area contributed by atoms with Gasteiger partial charge in [0.15, 0.2) is 0 Å². The maximum Gasteiger partial charge on any atom is 0.251 e. The molecule has 1 aliphatic rings. The van der Waals surface area contributed by atoms with E-state index >= 15 is 0 Å². The molecule has 2 rings (SSSR count). The van der Waals surface area contributed by atoms with E-state index in [2.05, 4.69) is 10.0 Å². The molecule has 1 fully saturated rings. The van der Waals surface area contributed by atoms with Gasteiger partial charge in [-0.2, -0.15) is 0 Å². The van der Waals surface area contributed by atoms with Crippen LogP contribution < -0.4 is 10.0 Å². The van der Waals surface area contributed by atoms with Crippen molar-refractivity contribution in [3.05, 3.63) is 29.8 Å². The summed E-state index contributed by atoms with van der Waals surface area (Å²) in [5, 5.41) is 11.6. The van der Waals surface area contributed by atoms with Crippen molar-refractivity contribution >= 4 is 15.9 Å². The summed E-state index contributed by atoms with van der Waals surface area (Å²) in [6, 6.07) is 5.72. The first kappa shape index (κ1) is 15.0. The lowest BCUT2D eigenvalue weighted by Gasteiger charge is -2.13. The Balaban J connectivity index is 2.07. The van der Waals surface area contributed by atoms with Crippen LogP contribution in [0.2, 0.25) is 0 Å².